The Bertz CT molecular complexity index is 3980. The maximum absolute atomic E-state index is 9.69. The Balaban J connectivity index is 0.000000118. The first kappa shape index (κ1) is 52.4. The summed E-state index contributed by atoms with van der Waals surface area (Å²) in [6, 6.07) is 13.2. The van der Waals surface area contributed by atoms with Gasteiger partial charge in [-0.2, -0.15) is 34.9 Å². The lowest BCUT2D eigenvalue weighted by Gasteiger charge is -2.13. The monoisotopic (exact) mass is 1150 g/mol. The van der Waals surface area contributed by atoms with Gasteiger partial charge >= 0.3 is 0 Å². The van der Waals surface area contributed by atoms with Crippen LogP contribution in [0.1, 0.15) is 34.6 Å². The molecule has 1 aliphatic carbocycles. The summed E-state index contributed by atoms with van der Waals surface area (Å²) in [6.45, 7) is 2.16. The lowest BCUT2D eigenvalue weighted by Crippen LogP contribution is -2.08. The van der Waals surface area contributed by atoms with Crippen LogP contribution < -0.4 is 21.3 Å². The number of hydrogen-bond donors (Lipinski definition) is 8. The molecule has 394 valence electrons. The van der Waals surface area contributed by atoms with E-state index >= 15 is 0 Å². The number of aliphatic hydroxyl groups excluding tert-OH is 1. The summed E-state index contributed by atoms with van der Waals surface area (Å²) in [5, 5.41) is 30.1. The van der Waals surface area contributed by atoms with Crippen LogP contribution in [0, 0.1) is 0 Å². The maximum atomic E-state index is 9.69. The van der Waals surface area contributed by atoms with Crippen LogP contribution in [0.25, 0.3) is 55.0 Å². The minimum absolute atomic E-state index is 0.0402. The fraction of sp³-hybridized carbons (Fsp3) is 0.152. The van der Waals surface area contributed by atoms with Gasteiger partial charge in [0.15, 0.2) is 40.3 Å². The van der Waals surface area contributed by atoms with E-state index in [0.29, 0.717) is 78.3 Å². The highest BCUT2D eigenvalue weighted by molar-refractivity contribution is 7.09. The number of aliphatic hydroxyl groups is 1. The average molecular weight is 1150 g/mol. The first-order chi connectivity index (χ1) is 38.1. The second-order valence-corrected chi connectivity index (χ2v) is 18.4. The molecule has 27 nitrogen and oxygen atoms in total. The van der Waals surface area contributed by atoms with Crippen molar-refractivity contribution >= 4 is 131 Å². The predicted octanol–water partition coefficient (Wildman–Crippen LogP) is 10.4. The SMILES string of the molecule is Clc1nc(NCc2ccncc2)c2[nH]cnc2n1.Clc1nc(NCc2nccs2)c2[nH]cnc2n1.O[C@H]1C=C[C@H](n2ccc3c(NCc4ccco4)nc(Cl)nc32)C1.[N-]=[N+]=Nc1nc2nc(Cl)nc(NCc3ccco3)c2[nH]1. The molecular weight excluding hydrogens is 1110 g/mol. The Morgan fingerprint density at radius 1 is 0.667 bits per heavy atom. The molecule has 1 aliphatic rings. The van der Waals surface area contributed by atoms with E-state index in [-0.39, 0.29) is 33.1 Å². The largest absolute Gasteiger partial charge is 0.467 e. The highest BCUT2D eigenvalue weighted by Crippen LogP contribution is 2.31. The molecule has 0 spiro atoms. The van der Waals surface area contributed by atoms with Crippen LogP contribution in [0.4, 0.5) is 29.2 Å². The van der Waals surface area contributed by atoms with Crippen LogP contribution in [0.15, 0.2) is 124 Å². The number of fused-ring (bicyclic) bond motifs is 4. The van der Waals surface area contributed by atoms with Crippen LogP contribution in [0.2, 0.25) is 21.1 Å². The van der Waals surface area contributed by atoms with Crippen molar-refractivity contribution in [1.82, 2.24) is 84.3 Å². The number of nitrogens with zero attached hydrogens (tertiary/aromatic N) is 17. The van der Waals surface area contributed by atoms with Crippen molar-refractivity contribution in [2.24, 2.45) is 5.11 Å². The number of imidazole rings is 3. The zero-order valence-electron chi connectivity index (χ0n) is 39.9. The van der Waals surface area contributed by atoms with Crippen molar-refractivity contribution in [1.29, 1.82) is 0 Å². The van der Waals surface area contributed by atoms with Crippen LogP contribution in [0.5, 0.6) is 0 Å². The van der Waals surface area contributed by atoms with Gasteiger partial charge in [0.1, 0.15) is 44.5 Å². The molecule has 8 N–H and O–H groups in total. The van der Waals surface area contributed by atoms with E-state index in [9.17, 15) is 5.11 Å². The van der Waals surface area contributed by atoms with Gasteiger partial charge in [0.05, 0.1) is 62.3 Å². The van der Waals surface area contributed by atoms with Gasteiger partial charge in [-0.15, -0.1) is 11.3 Å². The number of anilines is 4. The molecule has 0 saturated carbocycles. The summed E-state index contributed by atoms with van der Waals surface area (Å²) in [7, 11) is 0. The van der Waals surface area contributed by atoms with Gasteiger partial charge in [-0.05, 0) is 105 Å². The van der Waals surface area contributed by atoms with Crippen LogP contribution >= 0.6 is 57.7 Å². The van der Waals surface area contributed by atoms with E-state index in [1.165, 1.54) is 0 Å². The summed E-state index contributed by atoms with van der Waals surface area (Å²) in [6.07, 6.45) is 17.5. The topological polar surface area (TPSA) is 363 Å². The number of halogens is 4. The number of azide groups is 1. The Labute approximate surface area is 462 Å². The first-order valence-corrected chi connectivity index (χ1v) is 25.4. The van der Waals surface area contributed by atoms with Crippen molar-refractivity contribution in [3.63, 3.8) is 0 Å². The number of allylic oxidation sites excluding steroid dienone is 1. The van der Waals surface area contributed by atoms with Gasteiger partial charge in [-0.3, -0.25) is 4.98 Å². The summed E-state index contributed by atoms with van der Waals surface area (Å²) in [4.78, 5) is 64.6. The van der Waals surface area contributed by atoms with Crippen molar-refractivity contribution < 1.29 is 13.9 Å². The van der Waals surface area contributed by atoms with Gasteiger partial charge in [-0.1, -0.05) is 12.2 Å². The minimum Gasteiger partial charge on any atom is -0.467 e. The number of furan rings is 2. The van der Waals surface area contributed by atoms with E-state index in [0.717, 1.165) is 44.2 Å². The second-order valence-electron chi connectivity index (χ2n) is 16.1. The molecule has 2 atom stereocenters. The van der Waals surface area contributed by atoms with Crippen molar-refractivity contribution in [3.8, 4) is 0 Å². The van der Waals surface area contributed by atoms with Crippen LogP contribution in [-0.2, 0) is 26.2 Å². The van der Waals surface area contributed by atoms with Gasteiger partial charge in [0.25, 0.3) is 0 Å². The molecule has 0 amide bonds. The number of H-pyrrole nitrogens is 3. The number of hydrogen-bond acceptors (Lipinski definition) is 22. The molecule has 0 aromatic carbocycles. The Kier molecular flexibility index (Phi) is 16.6. The lowest BCUT2D eigenvalue weighted by molar-refractivity contribution is 0.211. The zero-order chi connectivity index (χ0) is 53.8. The summed E-state index contributed by atoms with van der Waals surface area (Å²) < 4.78 is 12.5. The lowest BCUT2D eigenvalue weighted by atomic mass is 10.2. The molecule has 0 bridgehead atoms. The molecular formula is C46H38Cl4N24O3S. The van der Waals surface area contributed by atoms with Gasteiger partial charge < -0.3 is 54.7 Å². The molecule has 78 heavy (non-hydrogen) atoms. The third-order valence-corrected chi connectivity index (χ3v) is 12.5. The fourth-order valence-electron chi connectivity index (χ4n) is 7.58. The Hall–Kier alpha value is -9.02. The minimum atomic E-state index is -0.411. The smallest absolute Gasteiger partial charge is 0.226 e. The zero-order valence-corrected chi connectivity index (χ0v) is 43.7. The number of thiazole rings is 1. The average Bonchev–Trinajstić information content (AvgIpc) is 4.33. The van der Waals surface area contributed by atoms with Gasteiger partial charge in [-0.25, -0.2) is 24.9 Å². The number of aromatic amines is 3. The highest BCUT2D eigenvalue weighted by Gasteiger charge is 2.22. The van der Waals surface area contributed by atoms with Crippen molar-refractivity contribution in [2.75, 3.05) is 21.3 Å². The summed E-state index contributed by atoms with van der Waals surface area (Å²) >= 11 is 25.1. The molecule has 0 fully saturated rings. The van der Waals surface area contributed by atoms with Gasteiger partial charge in [0, 0.05) is 48.0 Å². The third-order valence-electron chi connectivity index (χ3n) is 11.0. The normalized spacial score (nSPS) is 13.6. The molecule has 0 aliphatic heterocycles. The molecule has 0 saturated heterocycles. The second kappa shape index (κ2) is 24.8. The van der Waals surface area contributed by atoms with E-state index in [4.69, 9.17) is 60.8 Å². The summed E-state index contributed by atoms with van der Waals surface area (Å²) in [5.41, 5.74) is 13.7. The van der Waals surface area contributed by atoms with E-state index in [1.807, 2.05) is 58.6 Å². The molecule has 12 aromatic rings. The number of aromatic nitrogens is 17. The molecule has 32 heteroatoms. The molecule has 13 rings (SSSR count). The van der Waals surface area contributed by atoms with E-state index in [1.54, 1.807) is 67.3 Å². The van der Waals surface area contributed by atoms with E-state index < -0.39 is 6.10 Å². The summed E-state index contributed by atoms with van der Waals surface area (Å²) in [5.74, 6) is 4.03. The quantitative estimate of drug-likeness (QED) is 0.0165. The highest BCUT2D eigenvalue weighted by atomic mass is 35.5. The fourth-order valence-corrected chi connectivity index (χ4v) is 8.79. The first-order valence-electron chi connectivity index (χ1n) is 23.0. The molecule has 0 unspecified atom stereocenters. The van der Waals surface area contributed by atoms with Gasteiger partial charge in [0.2, 0.25) is 21.1 Å². The Morgan fingerprint density at radius 3 is 1.85 bits per heavy atom. The predicted molar refractivity (Wildman–Crippen MR) is 293 cm³/mol. The molecule has 0 radical (unpaired) electrons. The number of rotatable bonds is 14. The van der Waals surface area contributed by atoms with Crippen molar-refractivity contribution in [2.45, 2.75) is 44.7 Å². The molecule has 12 aromatic heterocycles. The Morgan fingerprint density at radius 2 is 1.26 bits per heavy atom. The number of nitrogens with one attached hydrogen (secondary N) is 7. The van der Waals surface area contributed by atoms with E-state index in [2.05, 4.69) is 111 Å². The van der Waals surface area contributed by atoms with Crippen LogP contribution in [0.3, 0.4) is 0 Å². The maximum Gasteiger partial charge on any atom is 0.226 e. The van der Waals surface area contributed by atoms with Crippen LogP contribution in [-0.4, -0.2) is 95.5 Å². The van der Waals surface area contributed by atoms with Crippen molar-refractivity contribution in [3.05, 3.63) is 164 Å². The molecule has 12 heterocycles. The standard InChI is InChI=1S/C16H15ClN4O2.C11H9ClN6.C10H7ClN8O.C9H7ClN6S/c17-16-19-14(18-9-12-2-1-7-23-12)13-5-6-21(15(13)20-16)10-3-4-11(22)8-10;12-11-17-9(8-10(18-11)16-6-15-8)14-5-7-1-3-13-4-2-7;11-9-15-7(13-4-5-2-1-3-20-5)6-8(16-9)17-10(14-6)18-19-12;10-9-15-7(6-8(16-9)14-4-13-6)12-3-5-11-1-2-17-5/h1-7,10-11,22H,8-9H2,(H,18,19,20);1-4,6H,5H2,(H2,14,15,16,17,18);1-3H,4H2,(H2,13,14,15,16,17);1-2,4H,3H2,(H2,12,13,14,15,16)/t10-,11-;;;/m0.../s1. The third kappa shape index (κ3) is 13.1. The number of pyridine rings is 1.